The van der Waals surface area contributed by atoms with Crippen molar-refractivity contribution < 1.29 is 4.74 Å². The maximum absolute atomic E-state index is 5.35. The number of ether oxygens (including phenoxy) is 1. The molecule has 1 fully saturated rings. The molecule has 0 aromatic heterocycles. The number of nitrogens with zero attached hydrogens (tertiary/aromatic N) is 1. The first-order valence-corrected chi connectivity index (χ1v) is 9.05. The molecule has 0 saturated carbocycles. The lowest BCUT2D eigenvalue weighted by Crippen LogP contribution is -2.37. The standard InChI is InChI=1S/C17H30N2OS/c1-3-7-17(4-2)16-21-15-6-9-18-8-5-10-19-11-13-20-14-12-19/h3-4,7,18H,1-2,5-6,8-16H2/b17-7+. The van der Waals surface area contributed by atoms with Gasteiger partial charge in [-0.15, -0.1) is 0 Å². The quantitative estimate of drug-likeness (QED) is 0.442. The summed E-state index contributed by atoms with van der Waals surface area (Å²) in [5.74, 6) is 2.23. The fourth-order valence-corrected chi connectivity index (χ4v) is 3.14. The van der Waals surface area contributed by atoms with Gasteiger partial charge in [0.15, 0.2) is 0 Å². The number of rotatable bonds is 12. The van der Waals surface area contributed by atoms with Crippen LogP contribution in [0.3, 0.4) is 0 Å². The second kappa shape index (κ2) is 13.1. The van der Waals surface area contributed by atoms with Crippen LogP contribution < -0.4 is 5.32 Å². The first-order valence-electron chi connectivity index (χ1n) is 7.89. The van der Waals surface area contributed by atoms with Gasteiger partial charge >= 0.3 is 0 Å². The number of thioether (sulfide) groups is 1. The lowest BCUT2D eigenvalue weighted by Gasteiger charge is -2.26. The summed E-state index contributed by atoms with van der Waals surface area (Å²) in [5.41, 5.74) is 1.26. The third-order valence-electron chi connectivity index (χ3n) is 3.44. The minimum absolute atomic E-state index is 0.900. The average Bonchev–Trinajstić information content (AvgIpc) is 2.53. The molecule has 1 rings (SSSR count). The molecular weight excluding hydrogens is 280 g/mol. The normalized spacial score (nSPS) is 16.9. The van der Waals surface area contributed by atoms with Gasteiger partial charge in [0.2, 0.25) is 0 Å². The summed E-state index contributed by atoms with van der Waals surface area (Å²) in [4.78, 5) is 2.49. The second-order valence-corrected chi connectivity index (χ2v) is 6.25. The molecule has 0 amide bonds. The Kier molecular flexibility index (Phi) is 11.6. The van der Waals surface area contributed by atoms with Gasteiger partial charge < -0.3 is 10.1 Å². The van der Waals surface area contributed by atoms with Crippen LogP contribution >= 0.6 is 11.8 Å². The van der Waals surface area contributed by atoms with E-state index in [4.69, 9.17) is 4.74 Å². The van der Waals surface area contributed by atoms with Crippen molar-refractivity contribution in [2.24, 2.45) is 0 Å². The van der Waals surface area contributed by atoms with Crippen LogP contribution in [0.25, 0.3) is 0 Å². The molecule has 0 aliphatic carbocycles. The molecule has 0 aromatic rings. The molecular formula is C17H30N2OS. The molecule has 0 radical (unpaired) electrons. The third-order valence-corrected chi connectivity index (χ3v) is 4.55. The van der Waals surface area contributed by atoms with E-state index in [1.807, 2.05) is 30.0 Å². The summed E-state index contributed by atoms with van der Waals surface area (Å²) in [6.45, 7) is 15.0. The van der Waals surface area contributed by atoms with E-state index >= 15 is 0 Å². The van der Waals surface area contributed by atoms with Crippen LogP contribution in [0, 0.1) is 0 Å². The molecule has 120 valence electrons. The zero-order valence-electron chi connectivity index (χ0n) is 13.2. The molecule has 4 heteroatoms. The lowest BCUT2D eigenvalue weighted by atomic mass is 10.3. The summed E-state index contributed by atoms with van der Waals surface area (Å²) in [6.07, 6.45) is 8.23. The van der Waals surface area contributed by atoms with Crippen molar-refractivity contribution in [3.63, 3.8) is 0 Å². The van der Waals surface area contributed by atoms with Crippen molar-refractivity contribution in [2.75, 3.05) is 57.4 Å². The Morgan fingerprint density at radius 1 is 1.19 bits per heavy atom. The Bertz CT molecular complexity index is 312. The van der Waals surface area contributed by atoms with Crippen LogP contribution in [0.1, 0.15) is 12.8 Å². The molecule has 0 spiro atoms. The molecule has 0 unspecified atom stereocenters. The number of hydrogen-bond acceptors (Lipinski definition) is 4. The fraction of sp³-hybridized carbons (Fsp3) is 0.647. The molecule has 21 heavy (non-hydrogen) atoms. The van der Waals surface area contributed by atoms with E-state index in [9.17, 15) is 0 Å². The Balaban J connectivity index is 1.85. The summed E-state index contributed by atoms with van der Waals surface area (Å²) in [7, 11) is 0. The summed E-state index contributed by atoms with van der Waals surface area (Å²) >= 11 is 1.96. The van der Waals surface area contributed by atoms with Crippen LogP contribution in [0.15, 0.2) is 37.0 Å². The first kappa shape index (κ1) is 18.5. The smallest absolute Gasteiger partial charge is 0.0594 e. The molecule has 0 bridgehead atoms. The number of hydrogen-bond donors (Lipinski definition) is 1. The van der Waals surface area contributed by atoms with E-state index in [0.717, 1.165) is 45.1 Å². The van der Waals surface area contributed by atoms with E-state index in [1.165, 1.54) is 30.7 Å². The van der Waals surface area contributed by atoms with Crippen LogP contribution in [-0.4, -0.2) is 62.3 Å². The van der Waals surface area contributed by atoms with Gasteiger partial charge in [-0.3, -0.25) is 4.90 Å². The average molecular weight is 311 g/mol. The predicted octanol–water partition coefficient (Wildman–Crippen LogP) is 2.72. The molecule has 1 aliphatic rings. The van der Waals surface area contributed by atoms with E-state index in [2.05, 4.69) is 23.4 Å². The van der Waals surface area contributed by atoms with Gasteiger partial charge in [-0.05, 0) is 43.8 Å². The maximum atomic E-state index is 5.35. The van der Waals surface area contributed by atoms with Gasteiger partial charge in [0.05, 0.1) is 13.2 Å². The van der Waals surface area contributed by atoms with Gasteiger partial charge in [-0.25, -0.2) is 0 Å². The summed E-state index contributed by atoms with van der Waals surface area (Å²) < 4.78 is 5.35. The number of morpholine rings is 1. The van der Waals surface area contributed by atoms with Crippen molar-refractivity contribution in [1.29, 1.82) is 0 Å². The molecule has 3 nitrogen and oxygen atoms in total. The molecule has 1 heterocycles. The SMILES string of the molecule is C=C/C=C(\C=C)CSCCCNCCCN1CCOCC1. The largest absolute Gasteiger partial charge is 0.379 e. The van der Waals surface area contributed by atoms with Gasteiger partial charge in [-0.2, -0.15) is 11.8 Å². The summed E-state index contributed by atoms with van der Waals surface area (Å²) in [6, 6.07) is 0. The third kappa shape index (κ3) is 9.91. The van der Waals surface area contributed by atoms with E-state index in [-0.39, 0.29) is 0 Å². The highest BCUT2D eigenvalue weighted by atomic mass is 32.2. The van der Waals surface area contributed by atoms with Gasteiger partial charge in [-0.1, -0.05) is 31.4 Å². The van der Waals surface area contributed by atoms with Crippen LogP contribution in [0.2, 0.25) is 0 Å². The molecule has 1 N–H and O–H groups in total. The van der Waals surface area contributed by atoms with Crippen molar-refractivity contribution in [3.05, 3.63) is 37.0 Å². The highest BCUT2D eigenvalue weighted by Gasteiger charge is 2.08. The second-order valence-electron chi connectivity index (χ2n) is 5.15. The monoisotopic (exact) mass is 310 g/mol. The molecule has 0 atom stereocenters. The van der Waals surface area contributed by atoms with E-state index in [1.54, 1.807) is 0 Å². The molecule has 0 aromatic carbocycles. The summed E-state index contributed by atoms with van der Waals surface area (Å²) in [5, 5.41) is 3.53. The Morgan fingerprint density at radius 2 is 1.95 bits per heavy atom. The topological polar surface area (TPSA) is 24.5 Å². The van der Waals surface area contributed by atoms with Crippen molar-refractivity contribution in [3.8, 4) is 0 Å². The van der Waals surface area contributed by atoms with Gasteiger partial charge in [0.1, 0.15) is 0 Å². The lowest BCUT2D eigenvalue weighted by molar-refractivity contribution is 0.0375. The van der Waals surface area contributed by atoms with Gasteiger partial charge in [0.25, 0.3) is 0 Å². The highest BCUT2D eigenvalue weighted by Crippen LogP contribution is 2.09. The van der Waals surface area contributed by atoms with Crippen LogP contribution in [0.4, 0.5) is 0 Å². The van der Waals surface area contributed by atoms with Crippen LogP contribution in [0.5, 0.6) is 0 Å². The molecule has 1 aliphatic heterocycles. The predicted molar refractivity (Wildman–Crippen MR) is 95.2 cm³/mol. The highest BCUT2D eigenvalue weighted by molar-refractivity contribution is 7.99. The minimum Gasteiger partial charge on any atom is -0.379 e. The van der Waals surface area contributed by atoms with E-state index < -0.39 is 0 Å². The van der Waals surface area contributed by atoms with Gasteiger partial charge in [0, 0.05) is 18.8 Å². The number of allylic oxidation sites excluding steroid dienone is 3. The van der Waals surface area contributed by atoms with Crippen molar-refractivity contribution in [2.45, 2.75) is 12.8 Å². The minimum atomic E-state index is 0.900. The van der Waals surface area contributed by atoms with Crippen molar-refractivity contribution >= 4 is 11.8 Å². The Morgan fingerprint density at radius 3 is 2.67 bits per heavy atom. The Hall–Kier alpha value is -0.550. The van der Waals surface area contributed by atoms with E-state index in [0.29, 0.717) is 0 Å². The zero-order chi connectivity index (χ0) is 15.2. The number of nitrogens with one attached hydrogen (secondary N) is 1. The van der Waals surface area contributed by atoms with Crippen LogP contribution in [-0.2, 0) is 4.74 Å². The Labute approximate surface area is 134 Å². The first-order chi connectivity index (χ1) is 10.4. The maximum Gasteiger partial charge on any atom is 0.0594 e. The molecule has 1 saturated heterocycles. The zero-order valence-corrected chi connectivity index (χ0v) is 14.0. The van der Waals surface area contributed by atoms with Crippen molar-refractivity contribution in [1.82, 2.24) is 10.2 Å². The fourth-order valence-electron chi connectivity index (χ4n) is 2.19.